The van der Waals surface area contributed by atoms with Gasteiger partial charge in [0.05, 0.1) is 18.4 Å². The van der Waals surface area contributed by atoms with E-state index in [0.717, 1.165) is 16.8 Å². The molecule has 0 aliphatic rings. The van der Waals surface area contributed by atoms with Crippen LogP contribution in [-0.4, -0.2) is 20.7 Å². The first-order valence-electron chi connectivity index (χ1n) is 6.64. The van der Waals surface area contributed by atoms with Crippen molar-refractivity contribution in [1.82, 2.24) is 20.1 Å². The van der Waals surface area contributed by atoms with E-state index < -0.39 is 0 Å². The summed E-state index contributed by atoms with van der Waals surface area (Å²) >= 11 is 0. The third kappa shape index (κ3) is 2.89. The molecule has 0 atom stereocenters. The molecule has 0 spiro atoms. The summed E-state index contributed by atoms with van der Waals surface area (Å²) in [6.07, 6.45) is 1.34. The van der Waals surface area contributed by atoms with Crippen molar-refractivity contribution in [1.29, 1.82) is 5.26 Å². The molecular weight excluding hydrogens is 282 g/mol. The predicted octanol–water partition coefficient (Wildman–Crippen LogP) is 0.195. The van der Waals surface area contributed by atoms with Crippen molar-refractivity contribution in [2.24, 2.45) is 5.73 Å². The molecule has 0 fully saturated rings. The number of carbonyl (C=O) groups is 1. The lowest BCUT2D eigenvalue weighted by Gasteiger charge is -2.11. The fourth-order valence-electron chi connectivity index (χ4n) is 2.23. The van der Waals surface area contributed by atoms with Gasteiger partial charge in [0, 0.05) is 12.2 Å². The van der Waals surface area contributed by atoms with Crippen LogP contribution >= 0.6 is 0 Å². The summed E-state index contributed by atoms with van der Waals surface area (Å²) in [5.74, 6) is 0.0629. The molecule has 2 heterocycles. The Morgan fingerprint density at radius 1 is 1.50 bits per heavy atom. The standard InChI is InChI=1S/C14H17N7O/c1-8-3-13(17)20-9(2)10(8)5-18-14(22)11-6-19-21(7-16)12(11)4-15/h3,6H,5,7,16H2,1-2H3,(H2,17,20)(H,18,22). The van der Waals surface area contributed by atoms with Crippen molar-refractivity contribution >= 4 is 11.7 Å². The molecule has 2 aromatic rings. The Kier molecular flexibility index (Phi) is 4.39. The molecule has 0 aliphatic carbocycles. The molecule has 0 bridgehead atoms. The molecule has 0 aromatic carbocycles. The molecule has 114 valence electrons. The van der Waals surface area contributed by atoms with Crippen molar-refractivity contribution in [2.45, 2.75) is 27.1 Å². The molecule has 0 saturated heterocycles. The summed E-state index contributed by atoms with van der Waals surface area (Å²) in [6.45, 7) is 4.07. The fourth-order valence-corrected chi connectivity index (χ4v) is 2.23. The molecule has 1 amide bonds. The predicted molar refractivity (Wildman–Crippen MR) is 80.4 cm³/mol. The van der Waals surface area contributed by atoms with Gasteiger partial charge in [0.15, 0.2) is 5.69 Å². The average molecular weight is 299 g/mol. The van der Waals surface area contributed by atoms with Crippen LogP contribution in [0.3, 0.4) is 0 Å². The van der Waals surface area contributed by atoms with E-state index in [1.54, 1.807) is 6.07 Å². The number of nitrogens with two attached hydrogens (primary N) is 2. The smallest absolute Gasteiger partial charge is 0.256 e. The zero-order chi connectivity index (χ0) is 16.3. The molecule has 0 unspecified atom stereocenters. The number of hydrogen-bond donors (Lipinski definition) is 3. The van der Waals surface area contributed by atoms with Crippen LogP contribution in [0, 0.1) is 25.2 Å². The number of rotatable bonds is 4. The van der Waals surface area contributed by atoms with Crippen LogP contribution in [0.1, 0.15) is 32.9 Å². The highest BCUT2D eigenvalue weighted by Gasteiger charge is 2.17. The first-order valence-corrected chi connectivity index (χ1v) is 6.64. The lowest BCUT2D eigenvalue weighted by molar-refractivity contribution is 0.0950. The molecule has 8 heteroatoms. The Balaban J connectivity index is 2.18. The van der Waals surface area contributed by atoms with Crippen molar-refractivity contribution in [2.75, 3.05) is 5.73 Å². The second-order valence-electron chi connectivity index (χ2n) is 4.81. The van der Waals surface area contributed by atoms with E-state index in [9.17, 15) is 4.79 Å². The molecule has 2 rings (SSSR count). The van der Waals surface area contributed by atoms with Gasteiger partial charge in [-0.1, -0.05) is 0 Å². The quantitative estimate of drug-likeness (QED) is 0.737. The van der Waals surface area contributed by atoms with E-state index in [1.165, 1.54) is 10.9 Å². The highest BCUT2D eigenvalue weighted by molar-refractivity contribution is 5.95. The Morgan fingerprint density at radius 3 is 2.82 bits per heavy atom. The normalized spacial score (nSPS) is 10.3. The summed E-state index contributed by atoms with van der Waals surface area (Å²) in [5.41, 5.74) is 14.1. The number of pyridine rings is 1. The number of hydrogen-bond acceptors (Lipinski definition) is 6. The molecular formula is C14H17N7O. The van der Waals surface area contributed by atoms with E-state index in [2.05, 4.69) is 15.4 Å². The minimum absolute atomic E-state index is 0.0380. The lowest BCUT2D eigenvalue weighted by Crippen LogP contribution is -2.25. The van der Waals surface area contributed by atoms with Gasteiger partial charge in [-0.3, -0.25) is 4.79 Å². The zero-order valence-corrected chi connectivity index (χ0v) is 12.4. The van der Waals surface area contributed by atoms with E-state index >= 15 is 0 Å². The first-order chi connectivity index (χ1) is 10.5. The van der Waals surface area contributed by atoms with Gasteiger partial charge in [-0.05, 0) is 31.0 Å². The van der Waals surface area contributed by atoms with E-state index in [0.29, 0.717) is 12.4 Å². The largest absolute Gasteiger partial charge is 0.384 e. The van der Waals surface area contributed by atoms with Crippen LogP contribution in [0.15, 0.2) is 12.3 Å². The van der Waals surface area contributed by atoms with Crippen LogP contribution in [0.5, 0.6) is 0 Å². The summed E-state index contributed by atoms with van der Waals surface area (Å²) < 4.78 is 1.27. The number of nitrogens with one attached hydrogen (secondary N) is 1. The van der Waals surface area contributed by atoms with Gasteiger partial charge < -0.3 is 16.8 Å². The van der Waals surface area contributed by atoms with Crippen molar-refractivity contribution in [3.63, 3.8) is 0 Å². The zero-order valence-electron chi connectivity index (χ0n) is 12.4. The number of amides is 1. The highest BCUT2D eigenvalue weighted by Crippen LogP contribution is 2.15. The van der Waals surface area contributed by atoms with E-state index in [1.807, 2.05) is 19.9 Å². The minimum atomic E-state index is -0.383. The molecule has 22 heavy (non-hydrogen) atoms. The van der Waals surface area contributed by atoms with Crippen molar-refractivity contribution in [3.8, 4) is 6.07 Å². The lowest BCUT2D eigenvalue weighted by atomic mass is 10.1. The number of carbonyl (C=O) groups excluding carboxylic acids is 1. The van der Waals surface area contributed by atoms with Crippen LogP contribution in [0.4, 0.5) is 5.82 Å². The summed E-state index contributed by atoms with van der Waals surface area (Å²) in [6, 6.07) is 3.69. The van der Waals surface area contributed by atoms with Gasteiger partial charge in [0.1, 0.15) is 11.9 Å². The number of aryl methyl sites for hydroxylation is 2. The van der Waals surface area contributed by atoms with E-state index in [-0.39, 0.29) is 23.8 Å². The highest BCUT2D eigenvalue weighted by atomic mass is 16.1. The molecule has 0 saturated carbocycles. The Bertz CT molecular complexity index is 734. The van der Waals surface area contributed by atoms with Gasteiger partial charge in [-0.25, -0.2) is 9.67 Å². The fraction of sp³-hybridized carbons (Fsp3) is 0.286. The number of nitrogens with zero attached hydrogens (tertiary/aromatic N) is 4. The first kappa shape index (κ1) is 15.5. The molecule has 0 radical (unpaired) electrons. The topological polar surface area (TPSA) is 136 Å². The van der Waals surface area contributed by atoms with Crippen molar-refractivity contribution < 1.29 is 4.79 Å². The van der Waals surface area contributed by atoms with Crippen LogP contribution in [0.2, 0.25) is 0 Å². The second-order valence-corrected chi connectivity index (χ2v) is 4.81. The Hall–Kier alpha value is -2.92. The third-order valence-corrected chi connectivity index (χ3v) is 3.36. The Morgan fingerprint density at radius 2 is 2.23 bits per heavy atom. The van der Waals surface area contributed by atoms with E-state index in [4.69, 9.17) is 16.7 Å². The summed E-state index contributed by atoms with van der Waals surface area (Å²) in [5, 5.41) is 15.8. The number of nitriles is 1. The van der Waals surface area contributed by atoms with Gasteiger partial charge in [0.25, 0.3) is 5.91 Å². The maximum Gasteiger partial charge on any atom is 0.256 e. The van der Waals surface area contributed by atoms with Crippen LogP contribution in [-0.2, 0) is 13.2 Å². The third-order valence-electron chi connectivity index (χ3n) is 3.36. The maximum absolute atomic E-state index is 12.2. The summed E-state index contributed by atoms with van der Waals surface area (Å²) in [4.78, 5) is 16.4. The molecule has 0 aliphatic heterocycles. The SMILES string of the molecule is Cc1cc(N)nc(C)c1CNC(=O)c1cnn(CN)c1C#N. The Labute approximate surface area is 127 Å². The summed E-state index contributed by atoms with van der Waals surface area (Å²) in [7, 11) is 0. The molecule has 8 nitrogen and oxygen atoms in total. The maximum atomic E-state index is 12.2. The average Bonchev–Trinajstić information content (AvgIpc) is 2.88. The van der Waals surface area contributed by atoms with Gasteiger partial charge in [-0.15, -0.1) is 0 Å². The molecule has 2 aromatic heterocycles. The van der Waals surface area contributed by atoms with Crippen LogP contribution in [0.25, 0.3) is 0 Å². The number of aromatic nitrogens is 3. The van der Waals surface area contributed by atoms with Crippen LogP contribution < -0.4 is 16.8 Å². The number of anilines is 1. The van der Waals surface area contributed by atoms with Gasteiger partial charge in [0.2, 0.25) is 0 Å². The minimum Gasteiger partial charge on any atom is -0.384 e. The van der Waals surface area contributed by atoms with Gasteiger partial charge >= 0.3 is 0 Å². The van der Waals surface area contributed by atoms with Crippen molar-refractivity contribution in [3.05, 3.63) is 40.3 Å². The number of nitrogen functional groups attached to an aromatic ring is 1. The van der Waals surface area contributed by atoms with Gasteiger partial charge in [-0.2, -0.15) is 10.4 Å². The second kappa shape index (κ2) is 6.24. The molecule has 5 N–H and O–H groups in total. The monoisotopic (exact) mass is 299 g/mol.